The van der Waals surface area contributed by atoms with Crippen LogP contribution in [0.3, 0.4) is 0 Å². The Kier molecular flexibility index (Phi) is 7.04. The summed E-state index contributed by atoms with van der Waals surface area (Å²) < 4.78 is 55.7. The van der Waals surface area contributed by atoms with Crippen LogP contribution in [0.2, 0.25) is 0 Å². The van der Waals surface area contributed by atoms with Crippen LogP contribution in [0.5, 0.6) is 5.75 Å². The Morgan fingerprint density at radius 3 is 2.55 bits per heavy atom. The van der Waals surface area contributed by atoms with Crippen molar-refractivity contribution in [3.63, 3.8) is 0 Å². The summed E-state index contributed by atoms with van der Waals surface area (Å²) in [5.74, 6) is 1.15. The summed E-state index contributed by atoms with van der Waals surface area (Å²) in [6, 6.07) is 11.1. The van der Waals surface area contributed by atoms with Crippen molar-refractivity contribution in [1.29, 1.82) is 0 Å². The molecule has 2 saturated heterocycles. The number of urea groups is 1. The zero-order valence-electron chi connectivity index (χ0n) is 21.2. The highest BCUT2D eigenvalue weighted by Crippen LogP contribution is 2.43. The maximum Gasteiger partial charge on any atom is 0.433 e. The highest BCUT2D eigenvalue weighted by molar-refractivity contribution is 5.88. The lowest BCUT2D eigenvalue weighted by Gasteiger charge is -2.38. The van der Waals surface area contributed by atoms with Crippen LogP contribution >= 0.6 is 0 Å². The number of alkyl halides is 3. The molecule has 1 aromatic carbocycles. The lowest BCUT2D eigenvalue weighted by Crippen LogP contribution is -2.47. The predicted molar refractivity (Wildman–Crippen MR) is 132 cm³/mol. The maximum absolute atomic E-state index is 12.9. The molecule has 0 aliphatic carbocycles. The first kappa shape index (κ1) is 26.0. The number of likely N-dealkylation sites (tertiary alicyclic amines) is 1. The van der Waals surface area contributed by atoms with Gasteiger partial charge >= 0.3 is 12.2 Å². The first-order valence-corrected chi connectivity index (χ1v) is 12.5. The summed E-state index contributed by atoms with van der Waals surface area (Å²) in [7, 11) is 0. The van der Waals surface area contributed by atoms with E-state index in [4.69, 9.17) is 14.0 Å². The fraction of sp³-hybridized carbons (Fsp3) is 0.444. The number of hydrogen-bond donors (Lipinski definition) is 1. The smallest absolute Gasteiger partial charge is 0.433 e. The lowest BCUT2D eigenvalue weighted by atomic mass is 9.83. The van der Waals surface area contributed by atoms with E-state index in [0.717, 1.165) is 42.1 Å². The molecule has 0 radical (unpaired) electrons. The number of rotatable bonds is 5. The van der Waals surface area contributed by atoms with Gasteiger partial charge in [0.2, 0.25) is 5.88 Å². The number of carbonyl (C=O) groups is 1. The van der Waals surface area contributed by atoms with E-state index in [9.17, 15) is 18.0 Å². The summed E-state index contributed by atoms with van der Waals surface area (Å²) in [5.41, 5.74) is 1.69. The Balaban J connectivity index is 1.12. The second kappa shape index (κ2) is 10.3. The van der Waals surface area contributed by atoms with Gasteiger partial charge in [-0.15, -0.1) is 0 Å². The third-order valence-electron chi connectivity index (χ3n) is 7.38. The molecular formula is C27H29F3N4O4. The molecule has 11 heteroatoms. The summed E-state index contributed by atoms with van der Waals surface area (Å²) in [6.45, 7) is 5.38. The van der Waals surface area contributed by atoms with Crippen molar-refractivity contribution < 1.29 is 32.0 Å². The van der Waals surface area contributed by atoms with E-state index in [1.807, 2.05) is 38.1 Å². The van der Waals surface area contributed by atoms with Crippen molar-refractivity contribution in [2.45, 2.75) is 57.4 Å². The van der Waals surface area contributed by atoms with Gasteiger partial charge in [0.15, 0.2) is 0 Å². The third kappa shape index (κ3) is 5.62. The highest BCUT2D eigenvalue weighted by Gasteiger charge is 2.44. The van der Waals surface area contributed by atoms with E-state index >= 15 is 0 Å². The van der Waals surface area contributed by atoms with Gasteiger partial charge in [-0.05, 0) is 62.9 Å². The molecule has 2 aliphatic rings. The molecule has 0 saturated carbocycles. The van der Waals surface area contributed by atoms with Gasteiger partial charge < -0.3 is 18.9 Å². The number of piperidine rings is 1. The molecule has 3 aromatic rings. The van der Waals surface area contributed by atoms with Crippen LogP contribution in [0, 0.1) is 13.8 Å². The number of hydrogen-bond acceptors (Lipinski definition) is 6. The number of aryl methyl sites for hydroxylation is 1. The van der Waals surface area contributed by atoms with Gasteiger partial charge in [0, 0.05) is 24.6 Å². The van der Waals surface area contributed by atoms with Gasteiger partial charge in [-0.1, -0.05) is 23.4 Å². The summed E-state index contributed by atoms with van der Waals surface area (Å²) in [5, 5.41) is 6.67. The zero-order chi connectivity index (χ0) is 26.9. The number of ether oxygens (including phenoxy) is 2. The van der Waals surface area contributed by atoms with E-state index in [1.165, 1.54) is 12.1 Å². The Bertz CT molecular complexity index is 1280. The van der Waals surface area contributed by atoms with Crippen molar-refractivity contribution in [2.75, 3.05) is 25.0 Å². The van der Waals surface area contributed by atoms with Crippen molar-refractivity contribution >= 4 is 11.9 Å². The molecule has 1 atom stereocenters. The molecule has 0 bridgehead atoms. The quantitative estimate of drug-likeness (QED) is 0.445. The molecule has 1 spiro atoms. The maximum atomic E-state index is 12.9. The molecule has 2 aliphatic heterocycles. The Labute approximate surface area is 218 Å². The van der Waals surface area contributed by atoms with E-state index in [-0.39, 0.29) is 29.9 Å². The standard InChI is InChI=1S/C27H29F3N4O4/c1-17-18(2)33-38-24(17)32-25(35)34-12-10-26(11-13-34)14-20(15-37-26)19-6-8-22(9-7-19)36-16-21-4-3-5-23(31-21)27(28,29)30/h3-9,20H,10-16H2,1-2H3,(H,32,35). The van der Waals surface area contributed by atoms with Gasteiger partial charge in [-0.2, -0.15) is 13.2 Å². The van der Waals surface area contributed by atoms with E-state index in [2.05, 4.69) is 15.5 Å². The Morgan fingerprint density at radius 2 is 1.89 bits per heavy atom. The normalized spacial score (nSPS) is 19.1. The number of nitrogens with one attached hydrogen (secondary N) is 1. The molecule has 8 nitrogen and oxygen atoms in total. The number of nitrogens with zero attached hydrogens (tertiary/aromatic N) is 3. The average Bonchev–Trinajstić information content (AvgIpc) is 3.46. The molecule has 5 rings (SSSR count). The van der Waals surface area contributed by atoms with Gasteiger partial charge in [-0.25, -0.2) is 9.78 Å². The number of anilines is 1. The number of halogens is 3. The first-order chi connectivity index (χ1) is 18.1. The minimum absolute atomic E-state index is 0.0569. The molecule has 4 heterocycles. The molecule has 1 unspecified atom stereocenters. The Hall–Kier alpha value is -3.60. The van der Waals surface area contributed by atoms with Crippen LogP contribution in [0.15, 0.2) is 47.0 Å². The van der Waals surface area contributed by atoms with Crippen LogP contribution in [0.1, 0.15) is 53.4 Å². The fourth-order valence-corrected chi connectivity index (χ4v) is 4.94. The van der Waals surface area contributed by atoms with Crippen LogP contribution in [0.4, 0.5) is 23.8 Å². The van der Waals surface area contributed by atoms with Crippen LogP contribution in [-0.4, -0.2) is 46.4 Å². The molecular weight excluding hydrogens is 501 g/mol. The van der Waals surface area contributed by atoms with Crippen LogP contribution in [-0.2, 0) is 17.5 Å². The number of pyridine rings is 1. The molecule has 38 heavy (non-hydrogen) atoms. The van der Waals surface area contributed by atoms with E-state index in [0.29, 0.717) is 31.3 Å². The Morgan fingerprint density at radius 1 is 1.16 bits per heavy atom. The third-order valence-corrected chi connectivity index (χ3v) is 7.38. The molecule has 202 valence electrons. The summed E-state index contributed by atoms with van der Waals surface area (Å²) >= 11 is 0. The second-order valence-corrected chi connectivity index (χ2v) is 9.90. The van der Waals surface area contributed by atoms with Gasteiger partial charge in [0.05, 0.1) is 23.6 Å². The van der Waals surface area contributed by atoms with Crippen LogP contribution < -0.4 is 10.1 Å². The molecule has 2 aromatic heterocycles. The van der Waals surface area contributed by atoms with Crippen molar-refractivity contribution in [2.24, 2.45) is 0 Å². The highest BCUT2D eigenvalue weighted by atomic mass is 19.4. The van der Waals surface area contributed by atoms with Crippen LogP contribution in [0.25, 0.3) is 0 Å². The molecule has 2 fully saturated rings. The van der Waals surface area contributed by atoms with Gasteiger partial charge in [0.1, 0.15) is 18.1 Å². The lowest BCUT2D eigenvalue weighted by molar-refractivity contribution is -0.141. The first-order valence-electron chi connectivity index (χ1n) is 12.5. The van der Waals surface area contributed by atoms with E-state index < -0.39 is 11.9 Å². The number of aromatic nitrogens is 2. The predicted octanol–water partition coefficient (Wildman–Crippen LogP) is 5.85. The van der Waals surface area contributed by atoms with Crippen molar-refractivity contribution in [1.82, 2.24) is 15.0 Å². The van der Waals surface area contributed by atoms with Crippen molar-refractivity contribution in [3.8, 4) is 5.75 Å². The zero-order valence-corrected chi connectivity index (χ0v) is 21.2. The monoisotopic (exact) mass is 530 g/mol. The molecule has 2 amide bonds. The van der Waals surface area contributed by atoms with E-state index in [1.54, 1.807) is 4.90 Å². The van der Waals surface area contributed by atoms with Gasteiger partial charge in [0.25, 0.3) is 0 Å². The molecule has 1 N–H and O–H groups in total. The SMILES string of the molecule is Cc1noc(NC(=O)N2CCC3(CC2)CC(c2ccc(OCc4cccc(C(F)(F)F)n4)cc2)CO3)c1C. The number of benzene rings is 1. The topological polar surface area (TPSA) is 89.7 Å². The minimum atomic E-state index is -4.49. The van der Waals surface area contributed by atoms with Crippen molar-refractivity contribution in [3.05, 3.63) is 70.7 Å². The second-order valence-electron chi connectivity index (χ2n) is 9.90. The largest absolute Gasteiger partial charge is 0.487 e. The summed E-state index contributed by atoms with van der Waals surface area (Å²) in [6.07, 6.45) is -2.14. The number of carbonyl (C=O) groups excluding carboxylic acids is 1. The summed E-state index contributed by atoms with van der Waals surface area (Å²) in [4.78, 5) is 18.1. The number of amides is 2. The minimum Gasteiger partial charge on any atom is -0.487 e. The van der Waals surface area contributed by atoms with Gasteiger partial charge in [-0.3, -0.25) is 5.32 Å². The fourth-order valence-electron chi connectivity index (χ4n) is 4.94. The average molecular weight is 531 g/mol.